The van der Waals surface area contributed by atoms with Gasteiger partial charge in [0.1, 0.15) is 23.9 Å². The minimum atomic E-state index is 0.482. The Kier molecular flexibility index (Phi) is 4.30. The lowest BCUT2D eigenvalue weighted by atomic mass is 10.2. The van der Waals surface area contributed by atoms with Crippen LogP contribution in [0.25, 0.3) is 0 Å². The molecule has 1 fully saturated rings. The topological polar surface area (TPSA) is 34.4 Å². The summed E-state index contributed by atoms with van der Waals surface area (Å²) in [5.41, 5.74) is 2.52. The average Bonchev–Trinajstić information content (AvgIpc) is 3.27. The molecule has 0 unspecified atom stereocenters. The summed E-state index contributed by atoms with van der Waals surface area (Å²) in [5.74, 6) is 2.81. The summed E-state index contributed by atoms with van der Waals surface area (Å²) >= 11 is 0. The van der Waals surface area contributed by atoms with Gasteiger partial charge in [0.15, 0.2) is 0 Å². The van der Waals surface area contributed by atoms with Crippen molar-refractivity contribution >= 4 is 0 Å². The van der Waals surface area contributed by atoms with Gasteiger partial charge in [0.05, 0.1) is 6.54 Å². The van der Waals surface area contributed by atoms with Crippen LogP contribution in [0.4, 0.5) is 0 Å². The van der Waals surface area contributed by atoms with Crippen molar-refractivity contribution in [2.75, 3.05) is 0 Å². The number of furan rings is 1. The summed E-state index contributed by atoms with van der Waals surface area (Å²) < 4.78 is 11.7. The molecule has 0 atom stereocenters. The highest BCUT2D eigenvalue weighted by Crippen LogP contribution is 2.22. The molecular weight excluding hydrogens is 262 g/mol. The molecule has 0 spiro atoms. The smallest absolute Gasteiger partial charge is 0.146 e. The SMILES string of the molecule is CCc1ccc(OCc2cc(C)c(CNC3CC3)o2)cc1. The van der Waals surface area contributed by atoms with E-state index in [0.717, 1.165) is 30.2 Å². The van der Waals surface area contributed by atoms with Crippen LogP contribution in [-0.4, -0.2) is 6.04 Å². The summed E-state index contributed by atoms with van der Waals surface area (Å²) in [6.07, 6.45) is 3.64. The van der Waals surface area contributed by atoms with E-state index in [-0.39, 0.29) is 0 Å². The fourth-order valence-corrected chi connectivity index (χ4v) is 2.34. The van der Waals surface area contributed by atoms with Gasteiger partial charge in [0, 0.05) is 6.04 Å². The lowest BCUT2D eigenvalue weighted by Gasteiger charge is -2.05. The van der Waals surface area contributed by atoms with Gasteiger partial charge in [-0.15, -0.1) is 0 Å². The molecule has 3 nitrogen and oxygen atoms in total. The van der Waals surface area contributed by atoms with Crippen molar-refractivity contribution in [3.05, 3.63) is 53.0 Å². The highest BCUT2D eigenvalue weighted by molar-refractivity contribution is 5.27. The second kappa shape index (κ2) is 6.35. The summed E-state index contributed by atoms with van der Waals surface area (Å²) in [5, 5.41) is 3.48. The molecule has 1 aliphatic rings. The first-order valence-corrected chi connectivity index (χ1v) is 7.78. The number of hydrogen-bond acceptors (Lipinski definition) is 3. The molecule has 0 radical (unpaired) electrons. The van der Waals surface area contributed by atoms with Crippen LogP contribution < -0.4 is 10.1 Å². The average molecular weight is 285 g/mol. The maximum Gasteiger partial charge on any atom is 0.146 e. The van der Waals surface area contributed by atoms with Crippen LogP contribution in [0.15, 0.2) is 34.7 Å². The Balaban J connectivity index is 1.55. The van der Waals surface area contributed by atoms with Gasteiger partial charge >= 0.3 is 0 Å². The normalized spacial score (nSPS) is 14.4. The molecule has 1 aliphatic carbocycles. The molecule has 1 N–H and O–H groups in total. The third kappa shape index (κ3) is 3.88. The van der Waals surface area contributed by atoms with Gasteiger partial charge in [-0.2, -0.15) is 0 Å². The monoisotopic (exact) mass is 285 g/mol. The Hall–Kier alpha value is -1.74. The molecule has 2 aromatic rings. The summed E-state index contributed by atoms with van der Waals surface area (Å²) in [4.78, 5) is 0. The van der Waals surface area contributed by atoms with Crippen LogP contribution in [0.1, 0.15) is 42.4 Å². The lowest BCUT2D eigenvalue weighted by molar-refractivity contribution is 0.265. The number of rotatable bonds is 7. The highest BCUT2D eigenvalue weighted by Gasteiger charge is 2.21. The fourth-order valence-electron chi connectivity index (χ4n) is 2.34. The van der Waals surface area contributed by atoms with E-state index in [2.05, 4.69) is 37.4 Å². The van der Waals surface area contributed by atoms with Crippen LogP contribution in [-0.2, 0) is 19.6 Å². The molecule has 0 saturated heterocycles. The van der Waals surface area contributed by atoms with E-state index in [1.54, 1.807) is 0 Å². The van der Waals surface area contributed by atoms with Gasteiger partial charge in [0.25, 0.3) is 0 Å². The Morgan fingerprint density at radius 1 is 1.24 bits per heavy atom. The van der Waals surface area contributed by atoms with E-state index in [1.165, 1.54) is 24.0 Å². The first kappa shape index (κ1) is 14.2. The third-order valence-corrected chi connectivity index (χ3v) is 3.91. The van der Waals surface area contributed by atoms with Gasteiger partial charge < -0.3 is 14.5 Å². The van der Waals surface area contributed by atoms with Crippen LogP contribution in [0, 0.1) is 6.92 Å². The molecule has 112 valence electrons. The number of nitrogens with one attached hydrogen (secondary N) is 1. The van der Waals surface area contributed by atoms with Crippen molar-refractivity contribution in [1.29, 1.82) is 0 Å². The number of hydrogen-bond donors (Lipinski definition) is 1. The largest absolute Gasteiger partial charge is 0.486 e. The minimum Gasteiger partial charge on any atom is -0.486 e. The van der Waals surface area contributed by atoms with Crippen LogP contribution >= 0.6 is 0 Å². The molecule has 1 heterocycles. The van der Waals surface area contributed by atoms with E-state index in [4.69, 9.17) is 9.15 Å². The molecule has 1 saturated carbocycles. The molecule has 3 rings (SSSR count). The maximum atomic E-state index is 5.87. The summed E-state index contributed by atoms with van der Waals surface area (Å²) in [6, 6.07) is 11.0. The van der Waals surface area contributed by atoms with E-state index in [9.17, 15) is 0 Å². The minimum absolute atomic E-state index is 0.482. The Bertz CT molecular complexity index is 582. The van der Waals surface area contributed by atoms with Crippen molar-refractivity contribution in [2.45, 2.75) is 52.3 Å². The van der Waals surface area contributed by atoms with Crippen molar-refractivity contribution in [3.8, 4) is 5.75 Å². The number of ether oxygens (including phenoxy) is 1. The number of aryl methyl sites for hydroxylation is 2. The first-order chi connectivity index (χ1) is 10.2. The lowest BCUT2D eigenvalue weighted by Crippen LogP contribution is -2.15. The van der Waals surface area contributed by atoms with Crippen molar-refractivity contribution in [3.63, 3.8) is 0 Å². The second-order valence-corrected chi connectivity index (χ2v) is 5.76. The Morgan fingerprint density at radius 2 is 2.00 bits per heavy atom. The van der Waals surface area contributed by atoms with Crippen LogP contribution in [0.2, 0.25) is 0 Å². The zero-order chi connectivity index (χ0) is 14.7. The molecule has 1 aromatic heterocycles. The molecule has 0 aliphatic heterocycles. The molecule has 0 amide bonds. The van der Waals surface area contributed by atoms with Crippen LogP contribution in [0.5, 0.6) is 5.75 Å². The highest BCUT2D eigenvalue weighted by atomic mass is 16.5. The van der Waals surface area contributed by atoms with Crippen molar-refractivity contribution in [1.82, 2.24) is 5.32 Å². The molecule has 1 aromatic carbocycles. The van der Waals surface area contributed by atoms with E-state index >= 15 is 0 Å². The summed E-state index contributed by atoms with van der Waals surface area (Å²) in [7, 11) is 0. The van der Waals surface area contributed by atoms with Gasteiger partial charge in [-0.05, 0) is 55.5 Å². The van der Waals surface area contributed by atoms with Gasteiger partial charge in [-0.3, -0.25) is 0 Å². The first-order valence-electron chi connectivity index (χ1n) is 7.78. The summed E-state index contributed by atoms with van der Waals surface area (Å²) in [6.45, 7) is 5.54. The van der Waals surface area contributed by atoms with E-state index in [0.29, 0.717) is 12.6 Å². The molecule has 0 bridgehead atoms. The van der Waals surface area contributed by atoms with Gasteiger partial charge in [0.2, 0.25) is 0 Å². The van der Waals surface area contributed by atoms with Crippen molar-refractivity contribution in [2.24, 2.45) is 0 Å². The van der Waals surface area contributed by atoms with Crippen molar-refractivity contribution < 1.29 is 9.15 Å². The van der Waals surface area contributed by atoms with Crippen LogP contribution in [0.3, 0.4) is 0 Å². The van der Waals surface area contributed by atoms with E-state index in [1.807, 2.05) is 12.1 Å². The van der Waals surface area contributed by atoms with Gasteiger partial charge in [-0.1, -0.05) is 19.1 Å². The standard InChI is InChI=1S/C18H23NO2/c1-3-14-4-8-16(9-5-14)20-12-17-10-13(2)18(21-17)11-19-15-6-7-15/h4-5,8-10,15,19H,3,6-7,11-12H2,1-2H3. The Morgan fingerprint density at radius 3 is 2.67 bits per heavy atom. The zero-order valence-electron chi connectivity index (χ0n) is 12.8. The quantitative estimate of drug-likeness (QED) is 0.835. The molecule has 3 heteroatoms. The molecular formula is C18H23NO2. The zero-order valence-corrected chi connectivity index (χ0v) is 12.8. The Labute approximate surface area is 126 Å². The fraction of sp³-hybridized carbons (Fsp3) is 0.444. The van der Waals surface area contributed by atoms with Gasteiger partial charge in [-0.25, -0.2) is 0 Å². The molecule has 21 heavy (non-hydrogen) atoms. The van der Waals surface area contributed by atoms with E-state index < -0.39 is 0 Å². The predicted octanol–water partition coefficient (Wildman–Crippen LogP) is 3.98. The predicted molar refractivity (Wildman–Crippen MR) is 83.5 cm³/mol. The third-order valence-electron chi connectivity index (χ3n) is 3.91. The maximum absolute atomic E-state index is 5.87. The number of benzene rings is 1. The second-order valence-electron chi connectivity index (χ2n) is 5.76.